The third kappa shape index (κ3) is 5.72. The number of aromatic nitrogens is 2. The van der Waals surface area contributed by atoms with Gasteiger partial charge in [-0.3, -0.25) is 4.79 Å². The maximum absolute atomic E-state index is 12.4. The van der Waals surface area contributed by atoms with E-state index in [1.54, 1.807) is 41.5 Å². The van der Waals surface area contributed by atoms with Gasteiger partial charge in [-0.2, -0.15) is 0 Å². The fraction of sp³-hybridized carbons (Fsp3) is 0.435. The molecule has 0 spiro atoms. The highest BCUT2D eigenvalue weighted by Gasteiger charge is 2.26. The van der Waals surface area contributed by atoms with E-state index in [4.69, 9.17) is 18.9 Å². The van der Waals surface area contributed by atoms with Gasteiger partial charge in [0.15, 0.2) is 13.2 Å². The van der Waals surface area contributed by atoms with Gasteiger partial charge in [0.1, 0.15) is 11.4 Å². The molecule has 0 fully saturated rings. The summed E-state index contributed by atoms with van der Waals surface area (Å²) in [5.74, 6) is -3.50. The number of esters is 4. The molecule has 0 saturated carbocycles. The van der Waals surface area contributed by atoms with Crippen LogP contribution in [0.5, 0.6) is 0 Å². The van der Waals surface area contributed by atoms with Gasteiger partial charge in [0.05, 0.1) is 24.3 Å². The molecule has 2 heterocycles. The molecule has 11 heteroatoms. The molecule has 0 atom stereocenters. The Hall–Kier alpha value is -3.89. The summed E-state index contributed by atoms with van der Waals surface area (Å²) in [6, 6.07) is 0. The number of H-pyrrole nitrogens is 2. The topological polar surface area (TPSA) is 154 Å². The molecule has 0 saturated heterocycles. The molecule has 0 amide bonds. The van der Waals surface area contributed by atoms with Crippen molar-refractivity contribution in [2.24, 2.45) is 0 Å². The second kappa shape index (κ2) is 11.3. The normalized spacial score (nSPS) is 10.5. The third-order valence-corrected chi connectivity index (χ3v) is 4.97. The standard InChI is InChI=1S/C23H28N2O9/c1-7-31-20(27)16-11(3)18(24-13(16)5)22(29)33-9-15(26)10-34-23(30)19-12(4)17(14(6)25-19)21(28)32-8-2/h24-25H,7-10H2,1-6H3. The van der Waals surface area contributed by atoms with Gasteiger partial charge in [-0.25, -0.2) is 19.2 Å². The summed E-state index contributed by atoms with van der Waals surface area (Å²) < 4.78 is 19.9. The molecule has 2 aromatic heterocycles. The van der Waals surface area contributed by atoms with E-state index in [2.05, 4.69) is 9.97 Å². The zero-order chi connectivity index (χ0) is 25.6. The molecule has 2 aromatic rings. The number of aromatic amines is 2. The molecule has 2 N–H and O–H groups in total. The largest absolute Gasteiger partial charge is 0.462 e. The predicted molar refractivity (Wildman–Crippen MR) is 118 cm³/mol. The number of nitrogens with one attached hydrogen (secondary N) is 2. The zero-order valence-corrected chi connectivity index (χ0v) is 20.0. The minimum Gasteiger partial charge on any atom is -0.462 e. The zero-order valence-electron chi connectivity index (χ0n) is 20.0. The van der Waals surface area contributed by atoms with Gasteiger partial charge in [0.25, 0.3) is 0 Å². The number of rotatable bonds is 10. The summed E-state index contributed by atoms with van der Waals surface area (Å²) in [6.07, 6.45) is 0. The van der Waals surface area contributed by atoms with Crippen LogP contribution >= 0.6 is 0 Å². The second-order valence-electron chi connectivity index (χ2n) is 7.38. The van der Waals surface area contributed by atoms with Crippen molar-refractivity contribution >= 4 is 29.7 Å². The van der Waals surface area contributed by atoms with Crippen molar-refractivity contribution in [3.8, 4) is 0 Å². The van der Waals surface area contributed by atoms with E-state index in [0.29, 0.717) is 22.5 Å². The fourth-order valence-electron chi connectivity index (χ4n) is 3.41. The predicted octanol–water partition coefficient (Wildman–Crippen LogP) is 2.51. The van der Waals surface area contributed by atoms with Crippen molar-refractivity contribution in [1.29, 1.82) is 0 Å². The first-order valence-electron chi connectivity index (χ1n) is 10.6. The first kappa shape index (κ1) is 26.4. The molecule has 2 rings (SSSR count). The first-order chi connectivity index (χ1) is 16.0. The Kier molecular flexibility index (Phi) is 8.76. The van der Waals surface area contributed by atoms with Crippen molar-refractivity contribution in [2.75, 3.05) is 26.4 Å². The molecule has 11 nitrogen and oxygen atoms in total. The van der Waals surface area contributed by atoms with Gasteiger partial charge >= 0.3 is 23.9 Å². The lowest BCUT2D eigenvalue weighted by Gasteiger charge is -2.06. The van der Waals surface area contributed by atoms with Crippen LogP contribution in [0.4, 0.5) is 0 Å². The molecule has 0 aliphatic carbocycles. The van der Waals surface area contributed by atoms with E-state index in [9.17, 15) is 24.0 Å². The van der Waals surface area contributed by atoms with Gasteiger partial charge in [-0.05, 0) is 52.7 Å². The van der Waals surface area contributed by atoms with Gasteiger partial charge in [0.2, 0.25) is 5.78 Å². The lowest BCUT2D eigenvalue weighted by atomic mass is 10.1. The number of ketones is 1. The summed E-state index contributed by atoms with van der Waals surface area (Å²) in [5.41, 5.74) is 2.05. The van der Waals surface area contributed by atoms with Crippen molar-refractivity contribution in [2.45, 2.75) is 41.5 Å². The van der Waals surface area contributed by atoms with E-state index in [0.717, 1.165) is 0 Å². The Morgan fingerprint density at radius 1 is 0.588 bits per heavy atom. The highest BCUT2D eigenvalue weighted by atomic mass is 16.6. The molecule has 0 aliphatic rings. The van der Waals surface area contributed by atoms with Crippen LogP contribution in [0.15, 0.2) is 0 Å². The SMILES string of the molecule is CCOC(=O)c1c(C)[nH]c(C(=O)OCC(=O)COC(=O)c2[nH]c(C)c(C(=O)OCC)c2C)c1C. The fourth-order valence-corrected chi connectivity index (χ4v) is 3.41. The summed E-state index contributed by atoms with van der Waals surface area (Å²) in [5, 5.41) is 0. The third-order valence-electron chi connectivity index (χ3n) is 4.97. The molecule has 0 bridgehead atoms. The van der Waals surface area contributed by atoms with Crippen LogP contribution < -0.4 is 0 Å². The average molecular weight is 476 g/mol. The number of Topliss-reactive ketones (excluding diaryl/α,β-unsaturated/α-hetero) is 1. The highest BCUT2D eigenvalue weighted by Crippen LogP contribution is 2.21. The molecular weight excluding hydrogens is 448 g/mol. The maximum Gasteiger partial charge on any atom is 0.355 e. The minimum absolute atomic E-state index is 0.0225. The van der Waals surface area contributed by atoms with Crippen LogP contribution in [0.25, 0.3) is 0 Å². The maximum atomic E-state index is 12.4. The van der Waals surface area contributed by atoms with Gasteiger partial charge < -0.3 is 28.9 Å². The Labute approximate surface area is 196 Å². The van der Waals surface area contributed by atoms with Gasteiger partial charge in [-0.1, -0.05) is 0 Å². The van der Waals surface area contributed by atoms with Crippen LogP contribution in [0.1, 0.15) is 78.1 Å². The first-order valence-corrected chi connectivity index (χ1v) is 10.6. The number of carbonyl (C=O) groups is 5. The quantitative estimate of drug-likeness (QED) is 0.389. The Bertz CT molecular complexity index is 1040. The monoisotopic (exact) mass is 476 g/mol. The number of hydrogen-bond donors (Lipinski definition) is 2. The Morgan fingerprint density at radius 2 is 0.941 bits per heavy atom. The van der Waals surface area contributed by atoms with Crippen molar-refractivity contribution in [3.63, 3.8) is 0 Å². The number of ether oxygens (including phenoxy) is 4. The Morgan fingerprint density at radius 3 is 1.26 bits per heavy atom. The van der Waals surface area contributed by atoms with E-state index >= 15 is 0 Å². The summed E-state index contributed by atoms with van der Waals surface area (Å²) in [6.45, 7) is 8.74. The minimum atomic E-state index is -0.842. The lowest BCUT2D eigenvalue weighted by Crippen LogP contribution is -2.21. The van der Waals surface area contributed by atoms with E-state index in [1.165, 1.54) is 0 Å². The van der Waals surface area contributed by atoms with Crippen molar-refractivity contribution < 1.29 is 42.9 Å². The summed E-state index contributed by atoms with van der Waals surface area (Å²) in [7, 11) is 0. The van der Waals surface area contributed by atoms with Crippen LogP contribution in [0.3, 0.4) is 0 Å². The smallest absolute Gasteiger partial charge is 0.355 e. The molecule has 0 unspecified atom stereocenters. The molecule has 0 radical (unpaired) electrons. The van der Waals surface area contributed by atoms with E-state index in [1.807, 2.05) is 0 Å². The van der Waals surface area contributed by atoms with Crippen LogP contribution in [0.2, 0.25) is 0 Å². The summed E-state index contributed by atoms with van der Waals surface area (Å²) in [4.78, 5) is 66.4. The second-order valence-corrected chi connectivity index (χ2v) is 7.38. The molecule has 0 aliphatic heterocycles. The number of carbonyl (C=O) groups excluding carboxylic acids is 5. The lowest BCUT2D eigenvalue weighted by molar-refractivity contribution is -0.125. The molecule has 34 heavy (non-hydrogen) atoms. The highest BCUT2D eigenvalue weighted by molar-refractivity contribution is 6.00. The molecular formula is C23H28N2O9. The molecule has 184 valence electrons. The number of aryl methyl sites for hydroxylation is 2. The van der Waals surface area contributed by atoms with Gasteiger partial charge in [-0.15, -0.1) is 0 Å². The van der Waals surface area contributed by atoms with Crippen LogP contribution in [-0.4, -0.2) is 66.1 Å². The van der Waals surface area contributed by atoms with E-state index < -0.39 is 42.9 Å². The van der Waals surface area contributed by atoms with Gasteiger partial charge in [0, 0.05) is 11.4 Å². The van der Waals surface area contributed by atoms with Crippen LogP contribution in [-0.2, 0) is 23.7 Å². The Balaban J connectivity index is 1.96. The summed E-state index contributed by atoms with van der Waals surface area (Å²) >= 11 is 0. The van der Waals surface area contributed by atoms with Crippen LogP contribution in [0, 0.1) is 27.7 Å². The van der Waals surface area contributed by atoms with Crippen molar-refractivity contribution in [3.05, 3.63) is 45.0 Å². The number of hydrogen-bond acceptors (Lipinski definition) is 9. The van der Waals surface area contributed by atoms with E-state index in [-0.39, 0.29) is 35.7 Å². The van der Waals surface area contributed by atoms with Crippen molar-refractivity contribution in [1.82, 2.24) is 9.97 Å². The molecule has 0 aromatic carbocycles. The average Bonchev–Trinajstić information content (AvgIpc) is 3.24.